The summed E-state index contributed by atoms with van der Waals surface area (Å²) < 4.78 is 0. The van der Waals surface area contributed by atoms with Crippen molar-refractivity contribution in [3.05, 3.63) is 24.3 Å². The minimum absolute atomic E-state index is 0.00940. The zero-order valence-corrected chi connectivity index (χ0v) is 17.3. The molecule has 2 rings (SSSR count). The van der Waals surface area contributed by atoms with Gasteiger partial charge in [0.15, 0.2) is 0 Å². The molecule has 6 heteroatoms. The Hall–Kier alpha value is -2.37. The molecule has 6 nitrogen and oxygen atoms in total. The van der Waals surface area contributed by atoms with Crippen molar-refractivity contribution in [1.82, 2.24) is 4.90 Å². The molecule has 0 aromatic heterocycles. The first-order chi connectivity index (χ1) is 13.4. The van der Waals surface area contributed by atoms with Crippen molar-refractivity contribution in [2.75, 3.05) is 23.7 Å². The third-order valence-electron chi connectivity index (χ3n) is 5.20. The summed E-state index contributed by atoms with van der Waals surface area (Å²) in [5, 5.41) is 5.66. The second-order valence-electron chi connectivity index (χ2n) is 7.63. The number of nitrogens with one attached hydrogen (secondary N) is 2. The maximum Gasteiger partial charge on any atom is 0.227 e. The van der Waals surface area contributed by atoms with E-state index in [1.165, 1.54) is 6.92 Å². The molecule has 1 aromatic rings. The summed E-state index contributed by atoms with van der Waals surface area (Å²) in [5.74, 6) is 0.0755. The Morgan fingerprint density at radius 2 is 1.46 bits per heavy atom. The van der Waals surface area contributed by atoms with Crippen LogP contribution in [0.2, 0.25) is 0 Å². The molecule has 1 saturated carbocycles. The lowest BCUT2D eigenvalue weighted by molar-refractivity contribution is -0.138. The number of carbonyl (C=O) groups is 3. The molecule has 3 amide bonds. The number of rotatable bonds is 8. The van der Waals surface area contributed by atoms with Gasteiger partial charge < -0.3 is 15.5 Å². The summed E-state index contributed by atoms with van der Waals surface area (Å²) in [4.78, 5) is 38.5. The molecule has 154 valence electrons. The molecule has 0 saturated heterocycles. The van der Waals surface area contributed by atoms with Crippen LogP contribution in [0.5, 0.6) is 0 Å². The first-order valence-corrected chi connectivity index (χ1v) is 10.4. The van der Waals surface area contributed by atoms with Gasteiger partial charge in [0.25, 0.3) is 0 Å². The molecule has 0 unspecified atom stereocenters. The molecule has 1 aliphatic carbocycles. The molecule has 0 heterocycles. The van der Waals surface area contributed by atoms with Crippen molar-refractivity contribution in [3.63, 3.8) is 0 Å². The Kier molecular flexibility index (Phi) is 8.48. The first kappa shape index (κ1) is 21.9. The minimum atomic E-state index is -0.147. The van der Waals surface area contributed by atoms with Gasteiger partial charge in [-0.3, -0.25) is 14.4 Å². The van der Waals surface area contributed by atoms with Crippen molar-refractivity contribution >= 4 is 29.1 Å². The maximum atomic E-state index is 12.8. The van der Waals surface area contributed by atoms with Crippen LogP contribution in [0.15, 0.2) is 24.3 Å². The molecule has 0 bridgehead atoms. The Balaban J connectivity index is 1.88. The average Bonchev–Trinajstić information content (AvgIpc) is 2.67. The molecule has 0 atom stereocenters. The molecule has 0 aliphatic heterocycles. The number of anilines is 2. The molecule has 1 aliphatic rings. The van der Waals surface area contributed by atoms with Gasteiger partial charge in [0.05, 0.1) is 0 Å². The Morgan fingerprint density at radius 3 is 2.00 bits per heavy atom. The minimum Gasteiger partial charge on any atom is -0.342 e. The van der Waals surface area contributed by atoms with Crippen molar-refractivity contribution in [2.24, 2.45) is 11.8 Å². The summed E-state index contributed by atoms with van der Waals surface area (Å²) >= 11 is 0. The first-order valence-electron chi connectivity index (χ1n) is 10.4. The van der Waals surface area contributed by atoms with Gasteiger partial charge in [0.2, 0.25) is 17.7 Å². The van der Waals surface area contributed by atoms with E-state index in [9.17, 15) is 14.4 Å². The normalized spacial score (nSPS) is 19.0. The van der Waals surface area contributed by atoms with Crippen LogP contribution in [0.1, 0.15) is 59.3 Å². The zero-order valence-electron chi connectivity index (χ0n) is 17.3. The SMILES string of the molecule is CCCN(CCC)C(=O)C1CCC(C(=O)Nc2cccc(NC(C)=O)c2)CC1. The van der Waals surface area contributed by atoms with Crippen LogP contribution in [-0.2, 0) is 14.4 Å². The topological polar surface area (TPSA) is 78.5 Å². The highest BCUT2D eigenvalue weighted by molar-refractivity contribution is 5.94. The van der Waals surface area contributed by atoms with Crippen molar-refractivity contribution in [3.8, 4) is 0 Å². The van der Waals surface area contributed by atoms with Crippen molar-refractivity contribution < 1.29 is 14.4 Å². The number of hydrogen-bond acceptors (Lipinski definition) is 3. The van der Waals surface area contributed by atoms with E-state index in [0.717, 1.165) is 51.6 Å². The Bertz CT molecular complexity index is 675. The van der Waals surface area contributed by atoms with E-state index >= 15 is 0 Å². The van der Waals surface area contributed by atoms with Gasteiger partial charge in [-0.25, -0.2) is 0 Å². The van der Waals surface area contributed by atoms with E-state index in [0.29, 0.717) is 11.4 Å². The summed E-state index contributed by atoms with van der Waals surface area (Å²) in [6.07, 6.45) is 4.96. The number of nitrogens with zero attached hydrogens (tertiary/aromatic N) is 1. The second-order valence-corrected chi connectivity index (χ2v) is 7.63. The van der Waals surface area contributed by atoms with Gasteiger partial charge in [0, 0.05) is 43.2 Å². The fraction of sp³-hybridized carbons (Fsp3) is 0.591. The van der Waals surface area contributed by atoms with Crippen LogP contribution in [0, 0.1) is 11.8 Å². The molecular formula is C22H33N3O3. The van der Waals surface area contributed by atoms with Gasteiger partial charge >= 0.3 is 0 Å². The van der Waals surface area contributed by atoms with Gasteiger partial charge in [-0.05, 0) is 56.7 Å². The van der Waals surface area contributed by atoms with E-state index in [1.54, 1.807) is 18.2 Å². The van der Waals surface area contributed by atoms with Gasteiger partial charge in [0.1, 0.15) is 0 Å². The van der Waals surface area contributed by atoms with Gasteiger partial charge in [-0.15, -0.1) is 0 Å². The van der Waals surface area contributed by atoms with E-state index < -0.39 is 0 Å². The number of hydrogen-bond donors (Lipinski definition) is 2. The van der Waals surface area contributed by atoms with Gasteiger partial charge in [-0.2, -0.15) is 0 Å². The van der Waals surface area contributed by atoms with Crippen LogP contribution in [0.3, 0.4) is 0 Å². The Morgan fingerprint density at radius 1 is 0.929 bits per heavy atom. The molecule has 1 fully saturated rings. The van der Waals surface area contributed by atoms with Crippen molar-refractivity contribution in [2.45, 2.75) is 59.3 Å². The third-order valence-corrected chi connectivity index (χ3v) is 5.20. The number of carbonyl (C=O) groups excluding carboxylic acids is 3. The maximum absolute atomic E-state index is 12.8. The lowest BCUT2D eigenvalue weighted by Gasteiger charge is -2.31. The third kappa shape index (κ3) is 6.36. The highest BCUT2D eigenvalue weighted by Gasteiger charge is 2.31. The van der Waals surface area contributed by atoms with E-state index in [1.807, 2.05) is 11.0 Å². The standard InChI is InChI=1S/C22H33N3O3/c1-4-13-25(14-5-2)22(28)18-11-9-17(10-12-18)21(27)24-20-8-6-7-19(15-20)23-16(3)26/h6-8,15,17-18H,4-5,9-14H2,1-3H3,(H,23,26)(H,24,27). The summed E-state index contributed by atoms with van der Waals surface area (Å²) in [6, 6.07) is 7.15. The van der Waals surface area contributed by atoms with Crippen LogP contribution < -0.4 is 10.6 Å². The van der Waals surface area contributed by atoms with Crippen LogP contribution in [-0.4, -0.2) is 35.7 Å². The average molecular weight is 388 g/mol. The molecule has 0 spiro atoms. The largest absolute Gasteiger partial charge is 0.342 e. The Labute approximate surface area is 168 Å². The summed E-state index contributed by atoms with van der Waals surface area (Å²) in [6.45, 7) is 7.28. The molecule has 28 heavy (non-hydrogen) atoms. The van der Waals surface area contributed by atoms with Crippen LogP contribution in [0.4, 0.5) is 11.4 Å². The smallest absolute Gasteiger partial charge is 0.227 e. The fourth-order valence-electron chi connectivity index (χ4n) is 3.86. The lowest BCUT2D eigenvalue weighted by atomic mass is 9.80. The summed E-state index contributed by atoms with van der Waals surface area (Å²) in [7, 11) is 0. The zero-order chi connectivity index (χ0) is 20.5. The van der Waals surface area contributed by atoms with E-state index in [4.69, 9.17) is 0 Å². The van der Waals surface area contributed by atoms with Gasteiger partial charge in [-0.1, -0.05) is 19.9 Å². The monoisotopic (exact) mass is 387 g/mol. The van der Waals surface area contributed by atoms with Crippen LogP contribution in [0.25, 0.3) is 0 Å². The molecule has 1 aromatic carbocycles. The predicted molar refractivity (Wildman–Crippen MR) is 112 cm³/mol. The highest BCUT2D eigenvalue weighted by atomic mass is 16.2. The fourth-order valence-corrected chi connectivity index (χ4v) is 3.86. The number of benzene rings is 1. The van der Waals surface area contributed by atoms with E-state index in [2.05, 4.69) is 24.5 Å². The molecular weight excluding hydrogens is 354 g/mol. The molecule has 2 N–H and O–H groups in total. The van der Waals surface area contributed by atoms with Crippen molar-refractivity contribution in [1.29, 1.82) is 0 Å². The summed E-state index contributed by atoms with van der Waals surface area (Å²) in [5.41, 5.74) is 1.33. The second kappa shape index (κ2) is 10.8. The number of amides is 3. The van der Waals surface area contributed by atoms with E-state index in [-0.39, 0.29) is 29.6 Å². The highest BCUT2D eigenvalue weighted by Crippen LogP contribution is 2.31. The predicted octanol–water partition coefficient (Wildman–Crippen LogP) is 4.04. The molecule has 0 radical (unpaired) electrons. The van der Waals surface area contributed by atoms with Crippen LogP contribution >= 0.6 is 0 Å². The lowest BCUT2D eigenvalue weighted by Crippen LogP contribution is -2.39. The quantitative estimate of drug-likeness (QED) is 0.707.